The zero-order valence-corrected chi connectivity index (χ0v) is 15.1. The fourth-order valence-corrected chi connectivity index (χ4v) is 2.40. The first-order chi connectivity index (χ1) is 12.5. The van der Waals surface area contributed by atoms with Crippen molar-refractivity contribution in [2.24, 2.45) is 0 Å². The minimum Gasteiger partial charge on any atom is -0.450 e. The highest BCUT2D eigenvalue weighted by Gasteiger charge is 2.16. The lowest BCUT2D eigenvalue weighted by Crippen LogP contribution is -2.24. The molecule has 0 fully saturated rings. The summed E-state index contributed by atoms with van der Waals surface area (Å²) >= 11 is 5.79. The van der Waals surface area contributed by atoms with Crippen LogP contribution in [-0.4, -0.2) is 23.9 Å². The molecule has 2 aromatic carbocycles. The average molecular weight is 378 g/mol. The zero-order valence-electron chi connectivity index (χ0n) is 14.3. The minimum atomic E-state index is -0.527. The van der Waals surface area contributed by atoms with Crippen LogP contribution >= 0.6 is 11.6 Å². The Morgan fingerprint density at radius 1 is 1.19 bits per heavy atom. The Kier molecular flexibility index (Phi) is 7.37. The molecule has 0 spiro atoms. The molecular weight excluding hydrogens is 358 g/mol. The van der Waals surface area contributed by atoms with Crippen LogP contribution in [0.1, 0.15) is 18.9 Å². The fraction of sp³-hybridized carbons (Fsp3) is 0.278. The second-order valence-electron chi connectivity index (χ2n) is 5.63. The van der Waals surface area contributed by atoms with Gasteiger partial charge in [0.1, 0.15) is 5.75 Å². The highest BCUT2D eigenvalue weighted by atomic mass is 35.5. The van der Waals surface area contributed by atoms with Crippen LogP contribution in [0.4, 0.5) is 5.69 Å². The van der Waals surface area contributed by atoms with Gasteiger partial charge in [-0.15, -0.1) is 0 Å². The molecule has 0 saturated heterocycles. The summed E-state index contributed by atoms with van der Waals surface area (Å²) in [5, 5.41) is 17.4. The van der Waals surface area contributed by atoms with E-state index < -0.39 is 4.92 Å². The van der Waals surface area contributed by atoms with Crippen LogP contribution < -0.4 is 15.4 Å². The molecule has 0 atom stereocenters. The maximum atomic E-state index is 11.1. The Labute approximate surface area is 156 Å². The van der Waals surface area contributed by atoms with Crippen molar-refractivity contribution >= 4 is 23.2 Å². The second-order valence-corrected chi connectivity index (χ2v) is 6.06. The van der Waals surface area contributed by atoms with E-state index in [1.807, 2.05) is 12.1 Å². The Morgan fingerprint density at radius 3 is 2.58 bits per heavy atom. The molecule has 2 N–H and O–H groups in total. The number of benzene rings is 2. The summed E-state index contributed by atoms with van der Waals surface area (Å²) in [6.45, 7) is 3.61. The van der Waals surface area contributed by atoms with Gasteiger partial charge in [-0.2, -0.15) is 0 Å². The van der Waals surface area contributed by atoms with Gasteiger partial charge in [0.15, 0.2) is 0 Å². The van der Waals surface area contributed by atoms with Crippen molar-refractivity contribution < 1.29 is 14.5 Å². The number of nitrogens with zero attached hydrogens (tertiary/aromatic N) is 1. The molecule has 0 aliphatic rings. The van der Waals surface area contributed by atoms with Gasteiger partial charge in [-0.25, -0.2) is 0 Å². The van der Waals surface area contributed by atoms with Gasteiger partial charge in [-0.3, -0.25) is 14.9 Å². The van der Waals surface area contributed by atoms with Crippen molar-refractivity contribution in [3.05, 3.63) is 63.2 Å². The van der Waals surface area contributed by atoms with Crippen molar-refractivity contribution in [3.63, 3.8) is 0 Å². The van der Waals surface area contributed by atoms with Crippen LogP contribution in [-0.2, 0) is 11.3 Å². The third-order valence-electron chi connectivity index (χ3n) is 3.50. The number of amides is 1. The number of nitrogens with one attached hydrogen (secondary N) is 2. The molecule has 7 nitrogen and oxygen atoms in total. The van der Waals surface area contributed by atoms with E-state index in [0.29, 0.717) is 18.8 Å². The summed E-state index contributed by atoms with van der Waals surface area (Å²) in [7, 11) is 0. The largest absolute Gasteiger partial charge is 0.450 e. The van der Waals surface area contributed by atoms with E-state index in [1.165, 1.54) is 19.1 Å². The van der Waals surface area contributed by atoms with E-state index in [4.69, 9.17) is 16.3 Å². The molecule has 2 rings (SSSR count). The Morgan fingerprint density at radius 2 is 1.92 bits per heavy atom. The third kappa shape index (κ3) is 6.34. The lowest BCUT2D eigenvalue weighted by atomic mass is 10.2. The molecule has 0 bridgehead atoms. The van der Waals surface area contributed by atoms with Crippen molar-refractivity contribution in [1.82, 2.24) is 10.6 Å². The number of ether oxygens (including phenoxy) is 1. The van der Waals surface area contributed by atoms with E-state index in [1.54, 1.807) is 18.2 Å². The Balaban J connectivity index is 1.86. The molecule has 0 saturated carbocycles. The van der Waals surface area contributed by atoms with Crippen LogP contribution in [0.3, 0.4) is 0 Å². The van der Waals surface area contributed by atoms with Crippen LogP contribution in [0.2, 0.25) is 5.02 Å². The lowest BCUT2D eigenvalue weighted by molar-refractivity contribution is -0.385. The van der Waals surface area contributed by atoms with E-state index in [2.05, 4.69) is 10.6 Å². The maximum Gasteiger partial charge on any atom is 0.313 e. The van der Waals surface area contributed by atoms with Gasteiger partial charge in [0.25, 0.3) is 0 Å². The number of halogens is 1. The first-order valence-electron chi connectivity index (χ1n) is 8.11. The Bertz CT molecular complexity index is 766. The number of carbonyl (C=O) groups is 1. The fourth-order valence-electron chi connectivity index (χ4n) is 2.23. The van der Waals surface area contributed by atoms with Crippen molar-refractivity contribution in [1.29, 1.82) is 0 Å². The molecular formula is C18H20ClN3O4. The van der Waals surface area contributed by atoms with Crippen LogP contribution in [0.15, 0.2) is 42.5 Å². The van der Waals surface area contributed by atoms with Crippen LogP contribution in [0, 0.1) is 10.1 Å². The number of nitro benzene ring substituents is 1. The first kappa shape index (κ1) is 19.7. The molecule has 0 heterocycles. The highest BCUT2D eigenvalue weighted by molar-refractivity contribution is 6.30. The quantitative estimate of drug-likeness (QED) is 0.395. The molecule has 0 unspecified atom stereocenters. The zero-order chi connectivity index (χ0) is 18.9. The molecule has 8 heteroatoms. The van der Waals surface area contributed by atoms with Crippen LogP contribution in [0.25, 0.3) is 0 Å². The molecule has 138 valence electrons. The molecule has 2 aromatic rings. The Hall–Kier alpha value is -2.64. The van der Waals surface area contributed by atoms with Gasteiger partial charge in [-0.05, 0) is 42.8 Å². The van der Waals surface area contributed by atoms with Gasteiger partial charge in [0, 0.05) is 31.1 Å². The standard InChI is InChI=1S/C18H20ClN3O4/c1-13(23)21-10-2-9-20-12-14-3-6-16(7-4-14)26-18-8-5-15(19)11-17(18)22(24)25/h3-8,11,20H,2,9-10,12H2,1H3,(H,21,23). The monoisotopic (exact) mass is 377 g/mol. The van der Waals surface area contributed by atoms with Crippen molar-refractivity contribution in [2.45, 2.75) is 19.9 Å². The third-order valence-corrected chi connectivity index (χ3v) is 3.74. The highest BCUT2D eigenvalue weighted by Crippen LogP contribution is 2.33. The SMILES string of the molecule is CC(=O)NCCCNCc1ccc(Oc2ccc(Cl)cc2[N+](=O)[O-])cc1. The predicted octanol–water partition coefficient (Wildman–Crippen LogP) is 3.66. The lowest BCUT2D eigenvalue weighted by Gasteiger charge is -2.08. The van der Waals surface area contributed by atoms with E-state index in [0.717, 1.165) is 18.5 Å². The van der Waals surface area contributed by atoms with Gasteiger partial charge < -0.3 is 15.4 Å². The molecule has 0 aliphatic carbocycles. The number of hydrogen-bond donors (Lipinski definition) is 2. The first-order valence-corrected chi connectivity index (χ1v) is 8.49. The average Bonchev–Trinajstić information content (AvgIpc) is 2.60. The molecule has 0 radical (unpaired) electrons. The number of carbonyl (C=O) groups excluding carboxylic acids is 1. The maximum absolute atomic E-state index is 11.1. The molecule has 0 aliphatic heterocycles. The number of nitro groups is 1. The van der Waals surface area contributed by atoms with Crippen LogP contribution in [0.5, 0.6) is 11.5 Å². The second kappa shape index (κ2) is 9.74. The molecule has 26 heavy (non-hydrogen) atoms. The van der Waals surface area contributed by atoms with Crippen molar-refractivity contribution in [3.8, 4) is 11.5 Å². The summed E-state index contributed by atoms with van der Waals surface area (Å²) < 4.78 is 5.60. The summed E-state index contributed by atoms with van der Waals surface area (Å²) in [5.41, 5.74) is 0.880. The molecule has 1 amide bonds. The number of rotatable bonds is 9. The smallest absolute Gasteiger partial charge is 0.313 e. The van der Waals surface area contributed by atoms with Gasteiger partial charge >= 0.3 is 5.69 Å². The summed E-state index contributed by atoms with van der Waals surface area (Å²) in [5.74, 6) is 0.620. The minimum absolute atomic E-state index is 0.0264. The summed E-state index contributed by atoms with van der Waals surface area (Å²) in [6.07, 6.45) is 0.848. The predicted molar refractivity (Wildman–Crippen MR) is 99.6 cm³/mol. The summed E-state index contributed by atoms with van der Waals surface area (Å²) in [4.78, 5) is 21.3. The summed E-state index contributed by atoms with van der Waals surface area (Å²) in [6, 6.07) is 11.6. The number of hydrogen-bond acceptors (Lipinski definition) is 5. The van der Waals surface area contributed by atoms with Gasteiger partial charge in [-0.1, -0.05) is 23.7 Å². The van der Waals surface area contributed by atoms with E-state index in [9.17, 15) is 14.9 Å². The molecule has 0 aromatic heterocycles. The van der Waals surface area contributed by atoms with E-state index in [-0.39, 0.29) is 22.4 Å². The normalized spacial score (nSPS) is 10.4. The van der Waals surface area contributed by atoms with Gasteiger partial charge in [0.05, 0.1) is 4.92 Å². The van der Waals surface area contributed by atoms with Crippen molar-refractivity contribution in [2.75, 3.05) is 13.1 Å². The van der Waals surface area contributed by atoms with E-state index >= 15 is 0 Å². The van der Waals surface area contributed by atoms with Gasteiger partial charge in [0.2, 0.25) is 11.7 Å². The topological polar surface area (TPSA) is 93.5 Å².